The minimum Gasteiger partial charge on any atom is -0.494 e. The number of ether oxygens (including phenoxy) is 1. The molecule has 114 valence electrons. The first-order valence-corrected chi connectivity index (χ1v) is 7.51. The van der Waals surface area contributed by atoms with Crippen LogP contribution in [0.4, 0.5) is 17.1 Å². The summed E-state index contributed by atoms with van der Waals surface area (Å²) in [6.07, 6.45) is 2.25. The SMILES string of the molecule is COc1cc(Nc2ccccc2)cc2c1NC(C)(C)C=C2C. The largest absolute Gasteiger partial charge is 0.494 e. The molecule has 1 aliphatic heterocycles. The summed E-state index contributed by atoms with van der Waals surface area (Å²) in [5, 5.41) is 6.98. The number of benzene rings is 2. The molecule has 3 heteroatoms. The van der Waals surface area contributed by atoms with Gasteiger partial charge in [-0.25, -0.2) is 0 Å². The van der Waals surface area contributed by atoms with Crippen LogP contribution in [0.1, 0.15) is 26.3 Å². The van der Waals surface area contributed by atoms with Gasteiger partial charge in [-0.1, -0.05) is 24.3 Å². The maximum atomic E-state index is 5.60. The van der Waals surface area contributed by atoms with Crippen molar-refractivity contribution in [1.82, 2.24) is 0 Å². The van der Waals surface area contributed by atoms with Crippen LogP contribution in [0.3, 0.4) is 0 Å². The summed E-state index contributed by atoms with van der Waals surface area (Å²) >= 11 is 0. The Kier molecular flexibility index (Phi) is 3.57. The van der Waals surface area contributed by atoms with Gasteiger partial charge in [0.2, 0.25) is 0 Å². The highest BCUT2D eigenvalue weighted by atomic mass is 16.5. The molecule has 0 fully saturated rings. The van der Waals surface area contributed by atoms with Gasteiger partial charge in [-0.15, -0.1) is 0 Å². The topological polar surface area (TPSA) is 33.3 Å². The number of methoxy groups -OCH3 is 1. The lowest BCUT2D eigenvalue weighted by Crippen LogP contribution is -2.31. The molecule has 1 aliphatic rings. The lowest BCUT2D eigenvalue weighted by molar-refractivity contribution is 0.415. The molecule has 0 bridgehead atoms. The van der Waals surface area contributed by atoms with E-state index in [0.717, 1.165) is 22.8 Å². The van der Waals surface area contributed by atoms with Crippen LogP contribution in [0.5, 0.6) is 5.75 Å². The van der Waals surface area contributed by atoms with Crippen LogP contribution in [0, 0.1) is 0 Å². The van der Waals surface area contributed by atoms with Crippen molar-refractivity contribution in [3.8, 4) is 5.75 Å². The molecule has 0 atom stereocenters. The van der Waals surface area contributed by atoms with Gasteiger partial charge in [0.1, 0.15) is 5.75 Å². The molecule has 2 aromatic rings. The van der Waals surface area contributed by atoms with Crippen molar-refractivity contribution in [3.05, 3.63) is 54.1 Å². The molecule has 0 spiro atoms. The monoisotopic (exact) mass is 294 g/mol. The van der Waals surface area contributed by atoms with Gasteiger partial charge >= 0.3 is 0 Å². The lowest BCUT2D eigenvalue weighted by Gasteiger charge is -2.32. The Bertz CT molecular complexity index is 718. The number of para-hydroxylation sites is 1. The molecule has 3 nitrogen and oxygen atoms in total. The van der Waals surface area contributed by atoms with Crippen LogP contribution in [-0.4, -0.2) is 12.6 Å². The van der Waals surface area contributed by atoms with E-state index in [0.29, 0.717) is 0 Å². The van der Waals surface area contributed by atoms with Gasteiger partial charge in [-0.3, -0.25) is 0 Å². The Morgan fingerprint density at radius 1 is 1.05 bits per heavy atom. The van der Waals surface area contributed by atoms with E-state index in [-0.39, 0.29) is 5.54 Å². The van der Waals surface area contributed by atoms with Crippen molar-refractivity contribution in [3.63, 3.8) is 0 Å². The van der Waals surface area contributed by atoms with Crippen LogP contribution in [-0.2, 0) is 0 Å². The van der Waals surface area contributed by atoms with Crippen molar-refractivity contribution in [1.29, 1.82) is 0 Å². The zero-order valence-corrected chi connectivity index (χ0v) is 13.5. The summed E-state index contributed by atoms with van der Waals surface area (Å²) in [4.78, 5) is 0. The summed E-state index contributed by atoms with van der Waals surface area (Å²) in [5.41, 5.74) is 5.52. The minimum absolute atomic E-state index is 0.0707. The first-order chi connectivity index (χ1) is 10.5. The third kappa shape index (κ3) is 2.80. The second-order valence-corrected chi connectivity index (χ2v) is 6.27. The zero-order chi connectivity index (χ0) is 15.7. The van der Waals surface area contributed by atoms with E-state index in [2.05, 4.69) is 55.7 Å². The molecule has 0 unspecified atom stereocenters. The number of nitrogens with one attached hydrogen (secondary N) is 2. The molecule has 0 aliphatic carbocycles. The van der Waals surface area contributed by atoms with Gasteiger partial charge in [-0.05, 0) is 44.5 Å². The number of hydrogen-bond acceptors (Lipinski definition) is 3. The smallest absolute Gasteiger partial charge is 0.144 e. The van der Waals surface area contributed by atoms with E-state index in [4.69, 9.17) is 4.74 Å². The van der Waals surface area contributed by atoms with E-state index >= 15 is 0 Å². The van der Waals surface area contributed by atoms with Gasteiger partial charge in [0, 0.05) is 23.0 Å². The van der Waals surface area contributed by atoms with Crippen LogP contribution in [0.25, 0.3) is 5.57 Å². The molecule has 3 rings (SSSR count). The van der Waals surface area contributed by atoms with Crippen molar-refractivity contribution in [2.45, 2.75) is 26.3 Å². The van der Waals surface area contributed by atoms with Crippen LogP contribution in [0.15, 0.2) is 48.5 Å². The second kappa shape index (κ2) is 5.41. The molecule has 0 radical (unpaired) electrons. The maximum absolute atomic E-state index is 5.60. The van der Waals surface area contributed by atoms with E-state index < -0.39 is 0 Å². The lowest BCUT2D eigenvalue weighted by atomic mass is 9.90. The van der Waals surface area contributed by atoms with E-state index in [1.807, 2.05) is 24.3 Å². The third-order valence-electron chi connectivity index (χ3n) is 3.83. The minimum atomic E-state index is -0.0707. The molecule has 2 N–H and O–H groups in total. The molecule has 0 amide bonds. The summed E-state index contributed by atoms with van der Waals surface area (Å²) in [7, 11) is 1.71. The average Bonchev–Trinajstić information content (AvgIpc) is 2.47. The molecule has 0 saturated heterocycles. The quantitative estimate of drug-likeness (QED) is 0.831. The van der Waals surface area contributed by atoms with Crippen molar-refractivity contribution in [2.24, 2.45) is 0 Å². The molecule has 2 aromatic carbocycles. The first-order valence-electron chi connectivity index (χ1n) is 7.51. The standard InChI is InChI=1S/C19H22N2O/c1-13-12-19(2,3)21-18-16(13)10-15(11-17(18)22-4)20-14-8-6-5-7-9-14/h5-12,20-21H,1-4H3. The van der Waals surface area contributed by atoms with Gasteiger partial charge in [0.25, 0.3) is 0 Å². The highest BCUT2D eigenvalue weighted by Crippen LogP contribution is 2.42. The molecular formula is C19H22N2O. The summed E-state index contributed by atoms with van der Waals surface area (Å²) in [5.74, 6) is 0.858. The molecule has 0 aromatic heterocycles. The summed E-state index contributed by atoms with van der Waals surface area (Å²) < 4.78 is 5.60. The van der Waals surface area contributed by atoms with Gasteiger partial charge < -0.3 is 15.4 Å². The summed E-state index contributed by atoms with van der Waals surface area (Å²) in [6, 6.07) is 14.4. The van der Waals surface area contributed by atoms with Gasteiger partial charge in [0.05, 0.1) is 18.3 Å². The van der Waals surface area contributed by atoms with Crippen LogP contribution >= 0.6 is 0 Å². The fourth-order valence-corrected chi connectivity index (χ4v) is 2.95. The average molecular weight is 294 g/mol. The zero-order valence-electron chi connectivity index (χ0n) is 13.5. The van der Waals surface area contributed by atoms with Gasteiger partial charge in [-0.2, -0.15) is 0 Å². The Morgan fingerprint density at radius 2 is 1.77 bits per heavy atom. The predicted molar refractivity (Wildman–Crippen MR) is 94.1 cm³/mol. The Morgan fingerprint density at radius 3 is 2.45 bits per heavy atom. The molecule has 1 heterocycles. The van der Waals surface area contributed by atoms with E-state index in [1.165, 1.54) is 11.1 Å². The van der Waals surface area contributed by atoms with Crippen LogP contribution < -0.4 is 15.4 Å². The van der Waals surface area contributed by atoms with Crippen molar-refractivity contribution >= 4 is 22.6 Å². The first kappa shape index (κ1) is 14.5. The maximum Gasteiger partial charge on any atom is 0.144 e. The number of anilines is 3. The highest BCUT2D eigenvalue weighted by molar-refractivity contribution is 5.87. The third-order valence-corrected chi connectivity index (χ3v) is 3.83. The summed E-state index contributed by atoms with van der Waals surface area (Å²) in [6.45, 7) is 6.47. The molecular weight excluding hydrogens is 272 g/mol. The Labute approximate surface area is 132 Å². The molecule has 22 heavy (non-hydrogen) atoms. The fourth-order valence-electron chi connectivity index (χ4n) is 2.95. The number of allylic oxidation sites excluding steroid dienone is 1. The second-order valence-electron chi connectivity index (χ2n) is 6.27. The Hall–Kier alpha value is -2.42. The number of fused-ring (bicyclic) bond motifs is 1. The predicted octanol–water partition coefficient (Wildman–Crippen LogP) is 5.05. The number of hydrogen-bond donors (Lipinski definition) is 2. The van der Waals surface area contributed by atoms with Crippen molar-refractivity contribution < 1.29 is 4.74 Å². The van der Waals surface area contributed by atoms with Crippen LogP contribution in [0.2, 0.25) is 0 Å². The highest BCUT2D eigenvalue weighted by Gasteiger charge is 2.25. The number of rotatable bonds is 3. The Balaban J connectivity index is 2.04. The normalized spacial score (nSPS) is 15.4. The van der Waals surface area contributed by atoms with Gasteiger partial charge in [0.15, 0.2) is 0 Å². The van der Waals surface area contributed by atoms with E-state index in [1.54, 1.807) is 7.11 Å². The van der Waals surface area contributed by atoms with Crippen molar-refractivity contribution in [2.75, 3.05) is 17.7 Å². The fraction of sp³-hybridized carbons (Fsp3) is 0.263. The molecule has 0 saturated carbocycles. The van der Waals surface area contributed by atoms with E-state index in [9.17, 15) is 0 Å².